The topological polar surface area (TPSA) is 57.4 Å². The number of aromatic nitrogens is 1. The van der Waals surface area contributed by atoms with Gasteiger partial charge in [0.25, 0.3) is 0 Å². The van der Waals surface area contributed by atoms with Crippen LogP contribution in [0.3, 0.4) is 0 Å². The van der Waals surface area contributed by atoms with Crippen LogP contribution in [0.25, 0.3) is 0 Å². The molecular formula is C11H17FN2O2. The molecule has 0 bridgehead atoms. The van der Waals surface area contributed by atoms with Crippen LogP contribution in [0.1, 0.15) is 19.4 Å². The summed E-state index contributed by atoms with van der Waals surface area (Å²) in [6, 6.07) is 1.33. The van der Waals surface area contributed by atoms with Crippen LogP contribution >= 0.6 is 0 Å². The maximum Gasteiger partial charge on any atom is 0.218 e. The first-order valence-corrected chi connectivity index (χ1v) is 5.22. The first kappa shape index (κ1) is 12.9. The molecule has 0 atom stereocenters. The molecule has 1 aromatic rings. The second-order valence-electron chi connectivity index (χ2n) is 3.59. The van der Waals surface area contributed by atoms with E-state index < -0.39 is 5.82 Å². The van der Waals surface area contributed by atoms with Crippen molar-refractivity contribution in [3.63, 3.8) is 0 Å². The lowest BCUT2D eigenvalue weighted by Gasteiger charge is -2.10. The summed E-state index contributed by atoms with van der Waals surface area (Å²) >= 11 is 0. The van der Waals surface area contributed by atoms with Crippen molar-refractivity contribution in [2.75, 3.05) is 13.2 Å². The monoisotopic (exact) mass is 228 g/mol. The Bertz CT molecular complexity index is 332. The van der Waals surface area contributed by atoms with Gasteiger partial charge in [-0.25, -0.2) is 9.37 Å². The highest BCUT2D eigenvalue weighted by Crippen LogP contribution is 2.15. The van der Waals surface area contributed by atoms with Crippen molar-refractivity contribution >= 4 is 0 Å². The van der Waals surface area contributed by atoms with E-state index in [2.05, 4.69) is 4.98 Å². The molecule has 0 aliphatic rings. The predicted molar refractivity (Wildman–Crippen MR) is 58.7 cm³/mol. The van der Waals surface area contributed by atoms with Gasteiger partial charge in [0, 0.05) is 12.1 Å². The van der Waals surface area contributed by atoms with Crippen molar-refractivity contribution in [1.82, 2.24) is 4.98 Å². The summed E-state index contributed by atoms with van der Waals surface area (Å²) in [5.74, 6) is -0.0394. The van der Waals surface area contributed by atoms with Crippen LogP contribution in [0.15, 0.2) is 12.3 Å². The summed E-state index contributed by atoms with van der Waals surface area (Å²) in [6.45, 7) is 4.94. The summed E-state index contributed by atoms with van der Waals surface area (Å²) < 4.78 is 23.5. The van der Waals surface area contributed by atoms with Crippen molar-refractivity contribution in [1.29, 1.82) is 0 Å². The van der Waals surface area contributed by atoms with Crippen LogP contribution in [-0.2, 0) is 11.3 Å². The normalized spacial score (nSPS) is 10.8. The Balaban J connectivity index is 2.47. The molecule has 0 aliphatic carbocycles. The van der Waals surface area contributed by atoms with Crippen LogP contribution in [0, 0.1) is 5.82 Å². The van der Waals surface area contributed by atoms with Gasteiger partial charge in [-0.2, -0.15) is 0 Å². The maximum atomic E-state index is 12.8. The molecule has 1 aromatic heterocycles. The fraction of sp³-hybridized carbons (Fsp3) is 0.545. The SMILES string of the molecule is CC(C)OCCOc1ncc(F)cc1CN. The molecule has 0 aromatic carbocycles. The zero-order valence-corrected chi connectivity index (χ0v) is 9.57. The number of ether oxygens (including phenoxy) is 2. The van der Waals surface area contributed by atoms with Gasteiger partial charge in [0.2, 0.25) is 5.88 Å². The smallest absolute Gasteiger partial charge is 0.218 e. The van der Waals surface area contributed by atoms with E-state index in [4.69, 9.17) is 15.2 Å². The number of nitrogens with two attached hydrogens (primary N) is 1. The zero-order valence-electron chi connectivity index (χ0n) is 9.57. The molecule has 1 heterocycles. The van der Waals surface area contributed by atoms with E-state index in [1.807, 2.05) is 13.8 Å². The lowest BCUT2D eigenvalue weighted by atomic mass is 10.3. The van der Waals surface area contributed by atoms with Crippen molar-refractivity contribution in [2.45, 2.75) is 26.5 Å². The van der Waals surface area contributed by atoms with E-state index in [-0.39, 0.29) is 12.6 Å². The standard InChI is InChI=1S/C11H17FN2O2/c1-8(2)15-3-4-16-11-9(6-13)5-10(12)7-14-11/h5,7-8H,3-4,6,13H2,1-2H3. The number of hydrogen-bond donors (Lipinski definition) is 1. The molecule has 90 valence electrons. The summed E-state index contributed by atoms with van der Waals surface area (Å²) in [5, 5.41) is 0. The van der Waals surface area contributed by atoms with Crippen LogP contribution < -0.4 is 10.5 Å². The van der Waals surface area contributed by atoms with Gasteiger partial charge in [-0.05, 0) is 19.9 Å². The minimum absolute atomic E-state index is 0.166. The Morgan fingerprint density at radius 1 is 1.44 bits per heavy atom. The molecule has 0 amide bonds. The largest absolute Gasteiger partial charge is 0.475 e. The summed E-state index contributed by atoms with van der Waals surface area (Å²) in [6.07, 6.45) is 1.27. The Kier molecular flexibility index (Phi) is 5.14. The third-order valence-corrected chi connectivity index (χ3v) is 1.89. The van der Waals surface area contributed by atoms with Gasteiger partial charge in [-0.15, -0.1) is 0 Å². The fourth-order valence-electron chi connectivity index (χ4n) is 1.17. The minimum atomic E-state index is -0.411. The first-order chi connectivity index (χ1) is 7.63. The summed E-state index contributed by atoms with van der Waals surface area (Å²) in [7, 11) is 0. The maximum absolute atomic E-state index is 12.8. The van der Waals surface area contributed by atoms with Crippen molar-refractivity contribution in [3.05, 3.63) is 23.6 Å². The Hall–Kier alpha value is -1.20. The van der Waals surface area contributed by atoms with Crippen molar-refractivity contribution < 1.29 is 13.9 Å². The fourth-order valence-corrected chi connectivity index (χ4v) is 1.17. The molecule has 2 N–H and O–H groups in total. The van der Waals surface area contributed by atoms with E-state index in [1.165, 1.54) is 6.07 Å². The van der Waals surface area contributed by atoms with Gasteiger partial charge in [-0.3, -0.25) is 0 Å². The molecular weight excluding hydrogens is 211 g/mol. The molecule has 0 radical (unpaired) electrons. The second-order valence-corrected chi connectivity index (χ2v) is 3.59. The summed E-state index contributed by atoms with van der Waals surface area (Å²) in [5.41, 5.74) is 6.01. The van der Waals surface area contributed by atoms with Crippen LogP contribution in [0.2, 0.25) is 0 Å². The number of halogens is 1. The van der Waals surface area contributed by atoms with E-state index in [0.29, 0.717) is 24.7 Å². The lowest BCUT2D eigenvalue weighted by Crippen LogP contribution is -2.13. The molecule has 5 heteroatoms. The van der Waals surface area contributed by atoms with Crippen molar-refractivity contribution in [3.8, 4) is 5.88 Å². The number of nitrogens with zero attached hydrogens (tertiary/aromatic N) is 1. The highest BCUT2D eigenvalue weighted by atomic mass is 19.1. The van der Waals surface area contributed by atoms with Gasteiger partial charge in [0.05, 0.1) is 18.9 Å². The second kappa shape index (κ2) is 6.40. The zero-order chi connectivity index (χ0) is 12.0. The summed E-state index contributed by atoms with van der Waals surface area (Å²) in [4.78, 5) is 3.83. The van der Waals surface area contributed by atoms with E-state index >= 15 is 0 Å². The lowest BCUT2D eigenvalue weighted by molar-refractivity contribution is 0.0540. The van der Waals surface area contributed by atoms with Gasteiger partial charge >= 0.3 is 0 Å². The highest BCUT2D eigenvalue weighted by Gasteiger charge is 2.05. The highest BCUT2D eigenvalue weighted by molar-refractivity contribution is 5.25. The molecule has 0 spiro atoms. The van der Waals surface area contributed by atoms with Crippen molar-refractivity contribution in [2.24, 2.45) is 5.73 Å². The van der Waals surface area contributed by atoms with Gasteiger partial charge in [-0.1, -0.05) is 0 Å². The van der Waals surface area contributed by atoms with E-state index in [1.54, 1.807) is 0 Å². The number of rotatable bonds is 6. The average Bonchev–Trinajstić information content (AvgIpc) is 2.25. The molecule has 0 saturated heterocycles. The third-order valence-electron chi connectivity index (χ3n) is 1.89. The van der Waals surface area contributed by atoms with E-state index in [9.17, 15) is 4.39 Å². The molecule has 0 aliphatic heterocycles. The molecule has 16 heavy (non-hydrogen) atoms. The van der Waals surface area contributed by atoms with Crippen LogP contribution in [0.4, 0.5) is 4.39 Å². The first-order valence-electron chi connectivity index (χ1n) is 5.22. The predicted octanol–water partition coefficient (Wildman–Crippen LogP) is 1.48. The Morgan fingerprint density at radius 3 is 2.81 bits per heavy atom. The quantitative estimate of drug-likeness (QED) is 0.749. The molecule has 0 fully saturated rings. The average molecular weight is 228 g/mol. The van der Waals surface area contributed by atoms with Gasteiger partial charge in [0.15, 0.2) is 0 Å². The molecule has 4 nitrogen and oxygen atoms in total. The number of pyridine rings is 1. The third kappa shape index (κ3) is 4.12. The van der Waals surface area contributed by atoms with Gasteiger partial charge < -0.3 is 15.2 Å². The molecule has 0 saturated carbocycles. The van der Waals surface area contributed by atoms with Gasteiger partial charge in [0.1, 0.15) is 12.4 Å². The molecule has 1 rings (SSSR count). The van der Waals surface area contributed by atoms with Crippen LogP contribution in [-0.4, -0.2) is 24.3 Å². The molecule has 0 unspecified atom stereocenters. The Morgan fingerprint density at radius 2 is 2.19 bits per heavy atom. The number of hydrogen-bond acceptors (Lipinski definition) is 4. The Labute approximate surface area is 94.6 Å². The van der Waals surface area contributed by atoms with Crippen LogP contribution in [0.5, 0.6) is 5.88 Å². The van der Waals surface area contributed by atoms with E-state index in [0.717, 1.165) is 6.20 Å². The minimum Gasteiger partial charge on any atom is -0.475 e.